The highest BCUT2D eigenvalue weighted by Crippen LogP contribution is 2.21. The van der Waals surface area contributed by atoms with E-state index in [9.17, 15) is 9.59 Å². The van der Waals surface area contributed by atoms with Gasteiger partial charge in [-0.3, -0.25) is 4.79 Å². The fourth-order valence-electron chi connectivity index (χ4n) is 1.93. The number of carboxylic acids is 1. The average Bonchev–Trinajstić information content (AvgIpc) is 2.52. The Bertz CT molecular complexity index is 688. The molecular weight excluding hydrogens is 318 g/mol. The number of aromatic carboxylic acids is 1. The number of rotatable bonds is 7. The van der Waals surface area contributed by atoms with Crippen LogP contribution in [0.25, 0.3) is 0 Å². The van der Waals surface area contributed by atoms with Crippen LogP contribution in [0.15, 0.2) is 48.5 Å². The maximum atomic E-state index is 11.8. The van der Waals surface area contributed by atoms with Gasteiger partial charge in [-0.1, -0.05) is 29.8 Å². The van der Waals surface area contributed by atoms with Crippen LogP contribution < -0.4 is 10.1 Å². The number of benzene rings is 2. The second-order valence-corrected chi connectivity index (χ2v) is 5.22. The molecule has 0 unspecified atom stereocenters. The maximum Gasteiger partial charge on any atom is 0.337 e. The molecule has 0 saturated carbocycles. The largest absolute Gasteiger partial charge is 0.494 e. The summed E-state index contributed by atoms with van der Waals surface area (Å²) in [5.74, 6) is -0.518. The van der Waals surface area contributed by atoms with Gasteiger partial charge in [-0.15, -0.1) is 0 Å². The minimum absolute atomic E-state index is 0.000858. The molecule has 0 fully saturated rings. The van der Waals surface area contributed by atoms with E-state index in [0.717, 1.165) is 5.75 Å². The smallest absolute Gasteiger partial charge is 0.337 e. The van der Waals surface area contributed by atoms with Crippen LogP contribution in [0.2, 0.25) is 5.02 Å². The lowest BCUT2D eigenvalue weighted by Crippen LogP contribution is -2.13. The van der Waals surface area contributed by atoms with Gasteiger partial charge in [-0.25, -0.2) is 4.79 Å². The zero-order chi connectivity index (χ0) is 16.7. The minimum atomic E-state index is -1.11. The average molecular weight is 334 g/mol. The number of halogens is 1. The summed E-state index contributed by atoms with van der Waals surface area (Å²) in [6.45, 7) is 0.441. The fraction of sp³-hybridized carbons (Fsp3) is 0.176. The molecule has 0 aliphatic carbocycles. The lowest BCUT2D eigenvalue weighted by Gasteiger charge is -2.08. The van der Waals surface area contributed by atoms with Crippen molar-refractivity contribution in [1.82, 2.24) is 0 Å². The number of ether oxygens (including phenoxy) is 1. The number of amides is 1. The predicted molar refractivity (Wildman–Crippen MR) is 88.2 cm³/mol. The van der Waals surface area contributed by atoms with Crippen LogP contribution in [0.5, 0.6) is 5.75 Å². The summed E-state index contributed by atoms with van der Waals surface area (Å²) in [6.07, 6.45) is 0.868. The fourth-order valence-corrected chi connectivity index (χ4v) is 2.19. The Kier molecular flexibility index (Phi) is 6.00. The summed E-state index contributed by atoms with van der Waals surface area (Å²) in [6, 6.07) is 13.7. The molecule has 2 N–H and O–H groups in total. The quantitative estimate of drug-likeness (QED) is 0.755. The first-order valence-electron chi connectivity index (χ1n) is 7.07. The van der Waals surface area contributed by atoms with Crippen LogP contribution in [0.4, 0.5) is 5.69 Å². The van der Waals surface area contributed by atoms with Gasteiger partial charge in [-0.2, -0.15) is 0 Å². The van der Waals surface area contributed by atoms with Crippen LogP contribution in [0, 0.1) is 0 Å². The minimum Gasteiger partial charge on any atom is -0.494 e. The van der Waals surface area contributed by atoms with Crippen LogP contribution in [-0.2, 0) is 4.79 Å². The zero-order valence-corrected chi connectivity index (χ0v) is 13.0. The third-order valence-corrected chi connectivity index (χ3v) is 3.36. The van der Waals surface area contributed by atoms with Gasteiger partial charge in [0.05, 0.1) is 17.2 Å². The van der Waals surface area contributed by atoms with Crippen LogP contribution in [0.3, 0.4) is 0 Å². The molecule has 6 heteroatoms. The first-order chi connectivity index (χ1) is 11.1. The molecule has 0 aliphatic heterocycles. The number of anilines is 1. The number of para-hydroxylation sites is 1. The van der Waals surface area contributed by atoms with Gasteiger partial charge in [0.15, 0.2) is 0 Å². The molecule has 5 nitrogen and oxygen atoms in total. The zero-order valence-electron chi connectivity index (χ0n) is 12.3. The number of hydrogen-bond donors (Lipinski definition) is 2. The topological polar surface area (TPSA) is 75.6 Å². The molecule has 0 bridgehead atoms. The van der Waals surface area contributed by atoms with Crippen molar-refractivity contribution in [3.05, 3.63) is 59.1 Å². The van der Waals surface area contributed by atoms with Crippen molar-refractivity contribution in [2.45, 2.75) is 12.8 Å². The van der Waals surface area contributed by atoms with E-state index >= 15 is 0 Å². The molecule has 120 valence electrons. The Balaban J connectivity index is 1.76. The first-order valence-corrected chi connectivity index (χ1v) is 7.44. The highest BCUT2D eigenvalue weighted by molar-refractivity contribution is 6.33. The van der Waals surface area contributed by atoms with E-state index in [1.54, 1.807) is 0 Å². The third kappa shape index (κ3) is 5.30. The normalized spacial score (nSPS) is 10.1. The van der Waals surface area contributed by atoms with E-state index in [1.807, 2.05) is 30.3 Å². The molecule has 0 radical (unpaired) electrons. The predicted octanol–water partition coefficient (Wildman–Crippen LogP) is 3.84. The summed E-state index contributed by atoms with van der Waals surface area (Å²) in [5, 5.41) is 11.7. The monoisotopic (exact) mass is 333 g/mol. The number of hydrogen-bond acceptors (Lipinski definition) is 3. The highest BCUT2D eigenvalue weighted by Gasteiger charge is 2.10. The van der Waals surface area contributed by atoms with E-state index in [4.69, 9.17) is 21.4 Å². The van der Waals surface area contributed by atoms with E-state index in [0.29, 0.717) is 25.1 Å². The highest BCUT2D eigenvalue weighted by atomic mass is 35.5. The van der Waals surface area contributed by atoms with Gasteiger partial charge in [-0.05, 0) is 36.8 Å². The van der Waals surface area contributed by atoms with Crippen molar-refractivity contribution >= 4 is 29.2 Å². The molecule has 2 rings (SSSR count). The first kappa shape index (κ1) is 16.8. The summed E-state index contributed by atoms with van der Waals surface area (Å²) >= 11 is 5.85. The Hall–Kier alpha value is -2.53. The van der Waals surface area contributed by atoms with Crippen molar-refractivity contribution in [1.29, 1.82) is 0 Å². The lowest BCUT2D eigenvalue weighted by molar-refractivity contribution is -0.116. The van der Waals surface area contributed by atoms with Crippen molar-refractivity contribution in [3.63, 3.8) is 0 Å². The standard InChI is InChI=1S/C17H16ClNO4/c18-15-11-12(8-9-14(15)17(21)22)19-16(20)7-4-10-23-13-5-2-1-3-6-13/h1-3,5-6,8-9,11H,4,7,10H2,(H,19,20)(H,21,22). The Morgan fingerprint density at radius 1 is 1.13 bits per heavy atom. The second-order valence-electron chi connectivity index (χ2n) is 4.81. The number of nitrogens with one attached hydrogen (secondary N) is 1. The van der Waals surface area contributed by atoms with Crippen molar-refractivity contribution < 1.29 is 19.4 Å². The van der Waals surface area contributed by atoms with Crippen molar-refractivity contribution in [3.8, 4) is 5.75 Å². The molecule has 0 heterocycles. The van der Waals surface area contributed by atoms with Gasteiger partial charge in [0.25, 0.3) is 0 Å². The SMILES string of the molecule is O=C(CCCOc1ccccc1)Nc1ccc(C(=O)O)c(Cl)c1. The summed E-state index contributed by atoms with van der Waals surface area (Å²) in [7, 11) is 0. The van der Waals surface area contributed by atoms with Crippen LogP contribution in [0.1, 0.15) is 23.2 Å². The van der Waals surface area contributed by atoms with Crippen molar-refractivity contribution in [2.75, 3.05) is 11.9 Å². The molecule has 0 atom stereocenters. The number of carbonyl (C=O) groups excluding carboxylic acids is 1. The number of carbonyl (C=O) groups is 2. The van der Waals surface area contributed by atoms with Crippen molar-refractivity contribution in [2.24, 2.45) is 0 Å². The maximum absolute atomic E-state index is 11.8. The molecule has 2 aromatic carbocycles. The summed E-state index contributed by atoms with van der Waals surface area (Å²) in [5.41, 5.74) is 0.468. The van der Waals surface area contributed by atoms with Gasteiger partial charge < -0.3 is 15.2 Å². The Labute approximate surface area is 138 Å². The summed E-state index contributed by atoms with van der Waals surface area (Å²) in [4.78, 5) is 22.7. The van der Waals surface area contributed by atoms with E-state index in [2.05, 4.69) is 5.32 Å². The third-order valence-electron chi connectivity index (χ3n) is 3.04. The van der Waals surface area contributed by atoms with Gasteiger partial charge in [0, 0.05) is 12.1 Å². The molecule has 0 spiro atoms. The summed E-state index contributed by atoms with van der Waals surface area (Å²) < 4.78 is 5.50. The molecule has 0 saturated heterocycles. The number of carboxylic acid groups (broad SMARTS) is 1. The van der Waals surface area contributed by atoms with Crippen LogP contribution in [-0.4, -0.2) is 23.6 Å². The van der Waals surface area contributed by atoms with E-state index < -0.39 is 5.97 Å². The molecule has 23 heavy (non-hydrogen) atoms. The molecule has 0 aromatic heterocycles. The molecular formula is C17H16ClNO4. The molecule has 2 aromatic rings. The molecule has 1 amide bonds. The Morgan fingerprint density at radius 2 is 1.87 bits per heavy atom. The molecule has 0 aliphatic rings. The van der Waals surface area contributed by atoms with Gasteiger partial charge >= 0.3 is 5.97 Å². The Morgan fingerprint density at radius 3 is 2.52 bits per heavy atom. The van der Waals surface area contributed by atoms with E-state index in [-0.39, 0.29) is 16.5 Å². The lowest BCUT2D eigenvalue weighted by atomic mass is 10.2. The second kappa shape index (κ2) is 8.19. The van der Waals surface area contributed by atoms with Crippen LogP contribution >= 0.6 is 11.6 Å². The van der Waals surface area contributed by atoms with E-state index in [1.165, 1.54) is 18.2 Å². The van der Waals surface area contributed by atoms with Gasteiger partial charge in [0.1, 0.15) is 5.75 Å². The van der Waals surface area contributed by atoms with Gasteiger partial charge in [0.2, 0.25) is 5.91 Å².